The minimum absolute atomic E-state index is 0.182. The molecule has 6 nitrogen and oxygen atoms in total. The molecule has 0 spiro atoms. The number of pyridine rings is 1. The van der Waals surface area contributed by atoms with Crippen LogP contribution in [0.25, 0.3) is 22.2 Å². The van der Waals surface area contributed by atoms with Gasteiger partial charge < -0.3 is 10.5 Å². The summed E-state index contributed by atoms with van der Waals surface area (Å²) >= 11 is 0. The van der Waals surface area contributed by atoms with Crippen molar-refractivity contribution < 1.29 is 9.53 Å². The molecule has 3 N–H and O–H groups in total. The molecule has 2 aromatic carbocycles. The summed E-state index contributed by atoms with van der Waals surface area (Å²) in [6.07, 6.45) is 1.67. The molecule has 25 heavy (non-hydrogen) atoms. The Morgan fingerprint density at radius 2 is 1.80 bits per heavy atom. The number of carbonyl (C=O) groups excluding carboxylic acids is 1. The number of amides is 1. The van der Waals surface area contributed by atoms with Gasteiger partial charge in [0.2, 0.25) is 0 Å². The SMILES string of the molecule is NC(=O)c1cc(-c2cccc(Oc3ccccc3)c2)c2cn[nH]c2n1. The molecule has 1 amide bonds. The van der Waals surface area contributed by atoms with E-state index in [4.69, 9.17) is 10.5 Å². The number of fused-ring (bicyclic) bond motifs is 1. The lowest BCUT2D eigenvalue weighted by atomic mass is 10.0. The van der Waals surface area contributed by atoms with Crippen molar-refractivity contribution in [3.8, 4) is 22.6 Å². The lowest BCUT2D eigenvalue weighted by molar-refractivity contribution is 0.0996. The number of nitrogens with one attached hydrogen (secondary N) is 1. The third-order valence-electron chi connectivity index (χ3n) is 3.80. The van der Waals surface area contributed by atoms with Gasteiger partial charge in [-0.15, -0.1) is 0 Å². The Bertz CT molecular complexity index is 1060. The monoisotopic (exact) mass is 330 g/mol. The number of hydrogen-bond donors (Lipinski definition) is 2. The van der Waals surface area contributed by atoms with Crippen LogP contribution in [0.4, 0.5) is 0 Å². The number of nitrogens with two attached hydrogens (primary N) is 1. The van der Waals surface area contributed by atoms with E-state index in [1.54, 1.807) is 12.3 Å². The van der Waals surface area contributed by atoms with Crippen molar-refractivity contribution in [3.05, 3.63) is 72.6 Å². The average molecular weight is 330 g/mol. The van der Waals surface area contributed by atoms with Crippen molar-refractivity contribution in [1.29, 1.82) is 0 Å². The molecule has 0 bridgehead atoms. The summed E-state index contributed by atoms with van der Waals surface area (Å²) in [5.74, 6) is 0.855. The van der Waals surface area contributed by atoms with E-state index in [0.717, 1.165) is 22.3 Å². The molecule has 4 aromatic rings. The smallest absolute Gasteiger partial charge is 0.267 e. The minimum Gasteiger partial charge on any atom is -0.457 e. The lowest BCUT2D eigenvalue weighted by Gasteiger charge is -2.09. The highest BCUT2D eigenvalue weighted by Gasteiger charge is 2.13. The van der Waals surface area contributed by atoms with Crippen molar-refractivity contribution in [2.24, 2.45) is 5.73 Å². The summed E-state index contributed by atoms with van der Waals surface area (Å²) in [7, 11) is 0. The van der Waals surface area contributed by atoms with E-state index in [1.807, 2.05) is 54.6 Å². The molecule has 0 saturated heterocycles. The van der Waals surface area contributed by atoms with Gasteiger partial charge in [0, 0.05) is 5.39 Å². The number of aromatic amines is 1. The Morgan fingerprint density at radius 3 is 2.60 bits per heavy atom. The maximum absolute atomic E-state index is 11.6. The van der Waals surface area contributed by atoms with Crippen LogP contribution in [-0.4, -0.2) is 21.1 Å². The fourth-order valence-corrected chi connectivity index (χ4v) is 2.65. The number of benzene rings is 2. The van der Waals surface area contributed by atoms with Crippen molar-refractivity contribution in [2.45, 2.75) is 0 Å². The van der Waals surface area contributed by atoms with E-state index in [0.29, 0.717) is 11.4 Å². The van der Waals surface area contributed by atoms with Crippen LogP contribution in [0, 0.1) is 0 Å². The number of H-pyrrole nitrogens is 1. The first-order valence-corrected chi connectivity index (χ1v) is 7.68. The van der Waals surface area contributed by atoms with Crippen LogP contribution in [0.2, 0.25) is 0 Å². The van der Waals surface area contributed by atoms with E-state index >= 15 is 0 Å². The van der Waals surface area contributed by atoms with Crippen LogP contribution in [0.1, 0.15) is 10.5 Å². The standard InChI is InChI=1S/C19H14N4O2/c20-18(24)17-10-15(16-11-21-23-19(16)22-17)12-5-4-8-14(9-12)25-13-6-2-1-3-7-13/h1-11H,(H2,20,24)(H,21,22,23). The zero-order chi connectivity index (χ0) is 17.2. The van der Waals surface area contributed by atoms with Gasteiger partial charge >= 0.3 is 0 Å². The molecule has 0 aliphatic rings. The largest absolute Gasteiger partial charge is 0.457 e. The maximum atomic E-state index is 11.6. The number of hydrogen-bond acceptors (Lipinski definition) is 4. The first-order valence-electron chi connectivity index (χ1n) is 7.68. The zero-order valence-corrected chi connectivity index (χ0v) is 13.1. The van der Waals surface area contributed by atoms with E-state index in [9.17, 15) is 4.79 Å². The van der Waals surface area contributed by atoms with E-state index in [-0.39, 0.29) is 5.69 Å². The van der Waals surface area contributed by atoms with Crippen LogP contribution in [0.5, 0.6) is 11.5 Å². The van der Waals surface area contributed by atoms with Gasteiger partial charge in [0.25, 0.3) is 5.91 Å². The Balaban J connectivity index is 1.80. The number of aromatic nitrogens is 3. The van der Waals surface area contributed by atoms with Crippen LogP contribution >= 0.6 is 0 Å². The van der Waals surface area contributed by atoms with E-state index < -0.39 is 5.91 Å². The highest BCUT2D eigenvalue weighted by Crippen LogP contribution is 2.31. The summed E-state index contributed by atoms with van der Waals surface area (Å²) in [6.45, 7) is 0. The van der Waals surface area contributed by atoms with Crippen LogP contribution in [-0.2, 0) is 0 Å². The van der Waals surface area contributed by atoms with E-state index in [1.165, 1.54) is 0 Å². The first-order chi connectivity index (χ1) is 12.2. The third kappa shape index (κ3) is 2.92. The van der Waals surface area contributed by atoms with Gasteiger partial charge in [-0.2, -0.15) is 5.10 Å². The summed E-state index contributed by atoms with van der Waals surface area (Å²) in [5, 5.41) is 7.59. The molecule has 0 fully saturated rings. The van der Waals surface area contributed by atoms with Crippen LogP contribution < -0.4 is 10.5 Å². The molecular formula is C19H14N4O2. The molecule has 0 atom stereocenters. The second kappa shape index (κ2) is 6.09. The Kier molecular flexibility index (Phi) is 3.63. The number of rotatable bonds is 4. The Hall–Kier alpha value is -3.67. The highest BCUT2D eigenvalue weighted by atomic mass is 16.5. The molecule has 0 radical (unpaired) electrons. The molecule has 0 aliphatic heterocycles. The summed E-state index contributed by atoms with van der Waals surface area (Å²) in [4.78, 5) is 15.7. The second-order valence-corrected chi connectivity index (χ2v) is 5.49. The van der Waals surface area contributed by atoms with Gasteiger partial charge in [0.15, 0.2) is 5.65 Å². The summed E-state index contributed by atoms with van der Waals surface area (Å²) in [5.41, 5.74) is 7.78. The minimum atomic E-state index is -0.588. The Labute approximate surface area is 143 Å². The number of para-hydroxylation sites is 1. The van der Waals surface area contributed by atoms with Crippen molar-refractivity contribution in [3.63, 3.8) is 0 Å². The molecule has 0 aliphatic carbocycles. The van der Waals surface area contributed by atoms with Gasteiger partial charge in [0.1, 0.15) is 17.2 Å². The van der Waals surface area contributed by atoms with Crippen molar-refractivity contribution in [1.82, 2.24) is 15.2 Å². The predicted molar refractivity (Wildman–Crippen MR) is 94.4 cm³/mol. The summed E-state index contributed by atoms with van der Waals surface area (Å²) in [6, 6.07) is 18.8. The first kappa shape index (κ1) is 14.9. The highest BCUT2D eigenvalue weighted by molar-refractivity contribution is 5.99. The molecule has 2 aromatic heterocycles. The molecule has 122 valence electrons. The molecule has 2 heterocycles. The number of carbonyl (C=O) groups is 1. The number of primary amides is 1. The predicted octanol–water partition coefficient (Wildman–Crippen LogP) is 3.52. The van der Waals surface area contributed by atoms with Crippen LogP contribution in [0.15, 0.2) is 66.9 Å². The fourth-order valence-electron chi connectivity index (χ4n) is 2.65. The molecule has 4 rings (SSSR count). The molecule has 6 heteroatoms. The Morgan fingerprint density at radius 1 is 1.00 bits per heavy atom. The van der Waals surface area contributed by atoms with E-state index in [2.05, 4.69) is 15.2 Å². The van der Waals surface area contributed by atoms with Gasteiger partial charge in [0.05, 0.1) is 6.20 Å². The maximum Gasteiger partial charge on any atom is 0.267 e. The topological polar surface area (TPSA) is 93.9 Å². The summed E-state index contributed by atoms with van der Waals surface area (Å²) < 4.78 is 5.88. The van der Waals surface area contributed by atoms with Gasteiger partial charge in [-0.25, -0.2) is 4.98 Å². The number of ether oxygens (including phenoxy) is 1. The quantitative estimate of drug-likeness (QED) is 0.598. The van der Waals surface area contributed by atoms with Gasteiger partial charge in [-0.1, -0.05) is 30.3 Å². The normalized spacial score (nSPS) is 10.7. The molecule has 0 unspecified atom stereocenters. The molecule has 0 saturated carbocycles. The fraction of sp³-hybridized carbons (Fsp3) is 0. The lowest BCUT2D eigenvalue weighted by Crippen LogP contribution is -2.13. The van der Waals surface area contributed by atoms with Crippen molar-refractivity contribution in [2.75, 3.05) is 0 Å². The van der Waals surface area contributed by atoms with Crippen LogP contribution in [0.3, 0.4) is 0 Å². The zero-order valence-electron chi connectivity index (χ0n) is 13.1. The molecular weight excluding hydrogens is 316 g/mol. The third-order valence-corrected chi connectivity index (χ3v) is 3.80. The average Bonchev–Trinajstić information content (AvgIpc) is 3.10. The van der Waals surface area contributed by atoms with Gasteiger partial charge in [-0.05, 0) is 41.5 Å². The number of nitrogens with zero attached hydrogens (tertiary/aromatic N) is 2. The van der Waals surface area contributed by atoms with Gasteiger partial charge in [-0.3, -0.25) is 9.89 Å². The van der Waals surface area contributed by atoms with Crippen molar-refractivity contribution >= 4 is 16.9 Å². The second-order valence-electron chi connectivity index (χ2n) is 5.49.